The first kappa shape index (κ1) is 25.4. The first-order valence-electron chi connectivity index (χ1n) is 11.6. The molecular formula is C23H40O7. The lowest BCUT2D eigenvalue weighted by atomic mass is 10.1. The van der Waals surface area contributed by atoms with E-state index in [1.54, 1.807) is 0 Å². The van der Waals surface area contributed by atoms with E-state index in [-0.39, 0.29) is 24.8 Å². The molecule has 30 heavy (non-hydrogen) atoms. The van der Waals surface area contributed by atoms with Gasteiger partial charge in [0.2, 0.25) is 0 Å². The van der Waals surface area contributed by atoms with Gasteiger partial charge >= 0.3 is 0 Å². The van der Waals surface area contributed by atoms with E-state index >= 15 is 0 Å². The van der Waals surface area contributed by atoms with Crippen molar-refractivity contribution >= 4 is 11.6 Å². The molecule has 0 radical (unpaired) electrons. The molecule has 2 rings (SSSR count). The Morgan fingerprint density at radius 3 is 1.60 bits per heavy atom. The monoisotopic (exact) mass is 428 g/mol. The number of hydrogen-bond donors (Lipinski definition) is 1. The van der Waals surface area contributed by atoms with E-state index in [9.17, 15) is 14.7 Å². The minimum absolute atomic E-state index is 0.214. The van der Waals surface area contributed by atoms with Crippen molar-refractivity contribution < 1.29 is 33.6 Å². The van der Waals surface area contributed by atoms with Gasteiger partial charge in [0.1, 0.15) is 29.9 Å². The molecule has 1 N–H and O–H groups in total. The van der Waals surface area contributed by atoms with Gasteiger partial charge in [-0.25, -0.2) is 0 Å². The first-order chi connectivity index (χ1) is 14.2. The van der Waals surface area contributed by atoms with E-state index in [0.717, 1.165) is 25.7 Å². The molecule has 4 atom stereocenters. The molecule has 0 aromatic heterocycles. The Labute approximate surface area is 180 Å². The topological polar surface area (TPSA) is 91.3 Å². The predicted molar refractivity (Wildman–Crippen MR) is 112 cm³/mol. The number of rotatable bonds is 14. The number of ketones is 2. The molecule has 0 aromatic carbocycles. The van der Waals surface area contributed by atoms with Crippen molar-refractivity contribution in [3.63, 3.8) is 0 Å². The van der Waals surface area contributed by atoms with Gasteiger partial charge in [0.05, 0.1) is 13.2 Å². The molecular weight excluding hydrogens is 388 g/mol. The van der Waals surface area contributed by atoms with Crippen molar-refractivity contribution in [1.82, 2.24) is 0 Å². The fourth-order valence-electron chi connectivity index (χ4n) is 3.86. The van der Waals surface area contributed by atoms with Gasteiger partial charge in [-0.05, 0) is 26.7 Å². The number of aliphatic hydroxyl groups excluding tert-OH is 1. The summed E-state index contributed by atoms with van der Waals surface area (Å²) in [5.74, 6) is -1.32. The van der Waals surface area contributed by atoms with Crippen LogP contribution in [0.25, 0.3) is 0 Å². The summed E-state index contributed by atoms with van der Waals surface area (Å²) in [5.41, 5.74) is 0. The molecule has 2 aliphatic heterocycles. The Kier molecular flexibility index (Phi) is 9.88. The summed E-state index contributed by atoms with van der Waals surface area (Å²) in [4.78, 5) is 23.9. The molecule has 2 fully saturated rings. The number of ether oxygens (including phenoxy) is 4. The van der Waals surface area contributed by atoms with Gasteiger partial charge in [0.25, 0.3) is 0 Å². The van der Waals surface area contributed by atoms with Crippen LogP contribution in [0.5, 0.6) is 0 Å². The lowest BCUT2D eigenvalue weighted by Gasteiger charge is -2.27. The molecule has 0 spiro atoms. The van der Waals surface area contributed by atoms with Gasteiger partial charge in [-0.1, -0.05) is 26.7 Å². The molecule has 7 heteroatoms. The third-order valence-electron chi connectivity index (χ3n) is 6.00. The Morgan fingerprint density at radius 1 is 0.833 bits per heavy atom. The van der Waals surface area contributed by atoms with E-state index in [1.165, 1.54) is 0 Å². The van der Waals surface area contributed by atoms with Crippen LogP contribution in [0.15, 0.2) is 0 Å². The number of Topliss-reactive ketones (excluding diaryl/α,β-unsaturated/α-hetero) is 2. The fraction of sp³-hybridized carbons (Fsp3) is 0.913. The van der Waals surface area contributed by atoms with Crippen LogP contribution in [0.1, 0.15) is 91.9 Å². The summed E-state index contributed by atoms with van der Waals surface area (Å²) < 4.78 is 23.5. The number of carbonyl (C=O) groups excluding carboxylic acids is 2. The Hall–Kier alpha value is -0.860. The molecule has 2 heterocycles. The molecule has 174 valence electrons. The zero-order valence-electron chi connectivity index (χ0n) is 19.1. The maximum Gasteiger partial charge on any atom is 0.166 e. The maximum atomic E-state index is 11.9. The smallest absolute Gasteiger partial charge is 0.166 e. The van der Waals surface area contributed by atoms with Crippen LogP contribution < -0.4 is 0 Å². The standard InChI is InChI=1S/C23H40O7/c1-5-7-9-17(24)11-13-22(3)27-15-19(29-22)21(26)20-16-28-23(4,30-20)14-12-18(25)10-8-6-2/h19-21,26H,5-16H2,1-4H3. The van der Waals surface area contributed by atoms with E-state index in [1.807, 2.05) is 13.8 Å². The summed E-state index contributed by atoms with van der Waals surface area (Å²) in [6.45, 7) is 8.23. The minimum Gasteiger partial charge on any atom is -0.388 e. The van der Waals surface area contributed by atoms with Crippen LogP contribution in [0, 0.1) is 0 Å². The zero-order chi connectivity index (χ0) is 22.2. The number of hydrogen-bond acceptors (Lipinski definition) is 7. The number of carbonyl (C=O) groups is 2. The van der Waals surface area contributed by atoms with E-state index in [2.05, 4.69) is 13.8 Å². The lowest BCUT2D eigenvalue weighted by Crippen LogP contribution is -2.42. The summed E-state index contributed by atoms with van der Waals surface area (Å²) in [6, 6.07) is 0. The quantitative estimate of drug-likeness (QED) is 0.451. The third-order valence-corrected chi connectivity index (χ3v) is 6.00. The van der Waals surface area contributed by atoms with E-state index in [4.69, 9.17) is 18.9 Å². The van der Waals surface area contributed by atoms with Crippen LogP contribution in [0.4, 0.5) is 0 Å². The minimum atomic E-state index is -0.903. The SMILES string of the molecule is CCCCC(=O)CCC1(C)OCC(C(O)C2COC(C)(CCC(=O)CCCC)O2)O1. The highest BCUT2D eigenvalue weighted by atomic mass is 16.8. The number of unbranched alkanes of at least 4 members (excludes halogenated alkanes) is 2. The molecule has 0 aliphatic carbocycles. The normalized spacial score (nSPS) is 32.4. The van der Waals surface area contributed by atoms with Crippen molar-refractivity contribution in [2.24, 2.45) is 0 Å². The zero-order valence-corrected chi connectivity index (χ0v) is 19.1. The average molecular weight is 429 g/mol. The van der Waals surface area contributed by atoms with Crippen molar-refractivity contribution in [3.05, 3.63) is 0 Å². The highest BCUT2D eigenvalue weighted by Gasteiger charge is 2.47. The molecule has 2 saturated heterocycles. The summed E-state index contributed by atoms with van der Waals surface area (Å²) in [6.07, 6.45) is 4.76. The van der Waals surface area contributed by atoms with Crippen LogP contribution in [0.3, 0.4) is 0 Å². The Bertz CT molecular complexity index is 518. The molecule has 0 saturated carbocycles. The van der Waals surface area contributed by atoms with Crippen molar-refractivity contribution in [1.29, 1.82) is 0 Å². The van der Waals surface area contributed by atoms with Gasteiger partial charge in [-0.2, -0.15) is 0 Å². The summed E-state index contributed by atoms with van der Waals surface area (Å²) >= 11 is 0. The van der Waals surface area contributed by atoms with Crippen LogP contribution in [-0.4, -0.2) is 59.8 Å². The van der Waals surface area contributed by atoms with Gasteiger partial charge in [-0.15, -0.1) is 0 Å². The Morgan fingerprint density at radius 2 is 1.23 bits per heavy atom. The second kappa shape index (κ2) is 11.7. The lowest BCUT2D eigenvalue weighted by molar-refractivity contribution is -0.195. The van der Waals surface area contributed by atoms with Gasteiger partial charge < -0.3 is 24.1 Å². The molecule has 0 amide bonds. The van der Waals surface area contributed by atoms with Crippen LogP contribution >= 0.6 is 0 Å². The van der Waals surface area contributed by atoms with E-state index < -0.39 is 29.9 Å². The summed E-state index contributed by atoms with van der Waals surface area (Å²) in [5, 5.41) is 10.8. The first-order valence-corrected chi connectivity index (χ1v) is 11.6. The van der Waals surface area contributed by atoms with Crippen LogP contribution in [-0.2, 0) is 28.5 Å². The van der Waals surface area contributed by atoms with E-state index in [0.29, 0.717) is 38.5 Å². The van der Waals surface area contributed by atoms with Gasteiger partial charge in [0, 0.05) is 38.5 Å². The fourth-order valence-corrected chi connectivity index (χ4v) is 3.86. The van der Waals surface area contributed by atoms with Gasteiger partial charge in [-0.3, -0.25) is 9.59 Å². The highest BCUT2D eigenvalue weighted by molar-refractivity contribution is 5.78. The van der Waals surface area contributed by atoms with Crippen molar-refractivity contribution in [2.45, 2.75) is 122 Å². The molecule has 0 aromatic rings. The van der Waals surface area contributed by atoms with Gasteiger partial charge in [0.15, 0.2) is 11.6 Å². The van der Waals surface area contributed by atoms with Crippen molar-refractivity contribution in [2.75, 3.05) is 13.2 Å². The molecule has 7 nitrogen and oxygen atoms in total. The Balaban J connectivity index is 1.77. The molecule has 2 aliphatic rings. The molecule has 4 unspecified atom stereocenters. The molecule has 0 bridgehead atoms. The summed E-state index contributed by atoms with van der Waals surface area (Å²) in [7, 11) is 0. The highest BCUT2D eigenvalue weighted by Crippen LogP contribution is 2.35. The second-order valence-corrected chi connectivity index (χ2v) is 8.98. The number of aliphatic hydroxyl groups is 1. The third kappa shape index (κ3) is 7.68. The largest absolute Gasteiger partial charge is 0.388 e. The second-order valence-electron chi connectivity index (χ2n) is 8.98. The van der Waals surface area contributed by atoms with Crippen LogP contribution in [0.2, 0.25) is 0 Å². The van der Waals surface area contributed by atoms with Crippen molar-refractivity contribution in [3.8, 4) is 0 Å². The maximum absolute atomic E-state index is 11.9. The average Bonchev–Trinajstić information content (AvgIpc) is 3.31. The predicted octanol–water partition coefficient (Wildman–Crippen LogP) is 3.69.